The Labute approximate surface area is 144 Å². The summed E-state index contributed by atoms with van der Waals surface area (Å²) in [5, 5.41) is 10.7. The van der Waals surface area contributed by atoms with Crippen molar-refractivity contribution in [2.75, 3.05) is 14.2 Å². The van der Waals surface area contributed by atoms with Gasteiger partial charge in [0.25, 0.3) is 5.91 Å². The number of carbonyl (C=O) groups is 1. The first-order valence-corrected chi connectivity index (χ1v) is 7.58. The van der Waals surface area contributed by atoms with Gasteiger partial charge in [0.2, 0.25) is 11.8 Å². The van der Waals surface area contributed by atoms with Crippen LogP contribution in [0.1, 0.15) is 16.2 Å². The molecule has 0 saturated heterocycles. The highest BCUT2D eigenvalue weighted by atomic mass is 16.5. The second-order valence-corrected chi connectivity index (χ2v) is 5.14. The highest BCUT2D eigenvalue weighted by Crippen LogP contribution is 2.21. The highest BCUT2D eigenvalue weighted by Gasteiger charge is 2.11. The molecule has 1 N–H and O–H groups in total. The first-order chi connectivity index (χ1) is 12.2. The smallest absolute Gasteiger partial charge is 0.251 e. The van der Waals surface area contributed by atoms with E-state index in [1.807, 2.05) is 24.3 Å². The molecule has 7 heteroatoms. The molecule has 0 bridgehead atoms. The zero-order chi connectivity index (χ0) is 17.6. The maximum Gasteiger partial charge on any atom is 0.251 e. The fourth-order valence-corrected chi connectivity index (χ4v) is 2.18. The van der Waals surface area contributed by atoms with E-state index >= 15 is 0 Å². The molecule has 2 aromatic carbocycles. The van der Waals surface area contributed by atoms with Crippen LogP contribution in [-0.4, -0.2) is 30.3 Å². The molecule has 3 rings (SSSR count). The summed E-state index contributed by atoms with van der Waals surface area (Å²) in [5.74, 6) is 1.92. The number of ether oxygens (including phenoxy) is 2. The van der Waals surface area contributed by atoms with E-state index in [1.54, 1.807) is 38.5 Å². The molecule has 0 radical (unpaired) electrons. The number of benzene rings is 2. The largest absolute Gasteiger partial charge is 0.497 e. The van der Waals surface area contributed by atoms with Crippen molar-refractivity contribution in [2.24, 2.45) is 0 Å². The molecular formula is C18H17N3O4. The lowest BCUT2D eigenvalue weighted by atomic mass is 10.2. The summed E-state index contributed by atoms with van der Waals surface area (Å²) in [6, 6.07) is 14.1. The Kier molecular flexibility index (Phi) is 4.94. The predicted octanol–water partition coefficient (Wildman–Crippen LogP) is 2.68. The molecule has 0 aliphatic heterocycles. The zero-order valence-electron chi connectivity index (χ0n) is 13.9. The van der Waals surface area contributed by atoms with Crippen LogP contribution in [0, 0.1) is 0 Å². The first kappa shape index (κ1) is 16.5. The van der Waals surface area contributed by atoms with E-state index in [1.165, 1.54) is 0 Å². The van der Waals surface area contributed by atoms with Gasteiger partial charge in [-0.2, -0.15) is 0 Å². The van der Waals surface area contributed by atoms with Crippen LogP contribution in [0.15, 0.2) is 52.9 Å². The van der Waals surface area contributed by atoms with Crippen LogP contribution in [0.3, 0.4) is 0 Å². The summed E-state index contributed by atoms with van der Waals surface area (Å²) in [5.41, 5.74) is 1.30. The fourth-order valence-electron chi connectivity index (χ4n) is 2.18. The van der Waals surface area contributed by atoms with Crippen LogP contribution >= 0.6 is 0 Å². The van der Waals surface area contributed by atoms with E-state index in [-0.39, 0.29) is 12.5 Å². The number of carbonyl (C=O) groups excluding carboxylic acids is 1. The van der Waals surface area contributed by atoms with Gasteiger partial charge in [-0.1, -0.05) is 0 Å². The van der Waals surface area contributed by atoms with Crippen molar-refractivity contribution in [1.82, 2.24) is 15.5 Å². The average Bonchev–Trinajstić information content (AvgIpc) is 3.15. The van der Waals surface area contributed by atoms with Crippen LogP contribution in [-0.2, 0) is 6.54 Å². The van der Waals surface area contributed by atoms with Gasteiger partial charge >= 0.3 is 0 Å². The Morgan fingerprint density at radius 2 is 1.56 bits per heavy atom. The third-order valence-electron chi connectivity index (χ3n) is 3.56. The third kappa shape index (κ3) is 3.95. The molecule has 1 amide bonds. The van der Waals surface area contributed by atoms with Gasteiger partial charge in [0.1, 0.15) is 11.5 Å². The number of hydrogen-bond acceptors (Lipinski definition) is 6. The normalized spacial score (nSPS) is 10.3. The van der Waals surface area contributed by atoms with Crippen molar-refractivity contribution in [3.63, 3.8) is 0 Å². The average molecular weight is 339 g/mol. The van der Waals surface area contributed by atoms with Gasteiger partial charge in [0, 0.05) is 11.1 Å². The minimum Gasteiger partial charge on any atom is -0.497 e. The van der Waals surface area contributed by atoms with Crippen molar-refractivity contribution in [3.05, 3.63) is 60.0 Å². The van der Waals surface area contributed by atoms with Gasteiger partial charge in [-0.3, -0.25) is 4.79 Å². The summed E-state index contributed by atoms with van der Waals surface area (Å²) >= 11 is 0. The molecule has 0 saturated carbocycles. The lowest BCUT2D eigenvalue weighted by molar-refractivity contribution is 0.0947. The second-order valence-electron chi connectivity index (χ2n) is 5.14. The quantitative estimate of drug-likeness (QED) is 0.743. The summed E-state index contributed by atoms with van der Waals surface area (Å²) in [7, 11) is 3.18. The molecule has 0 aliphatic carbocycles. The predicted molar refractivity (Wildman–Crippen MR) is 90.5 cm³/mol. The summed E-state index contributed by atoms with van der Waals surface area (Å²) in [4.78, 5) is 12.1. The van der Waals surface area contributed by atoms with E-state index in [0.29, 0.717) is 23.1 Å². The number of hydrogen-bond donors (Lipinski definition) is 1. The summed E-state index contributed by atoms with van der Waals surface area (Å²) in [6.07, 6.45) is 0. The Balaban J connectivity index is 1.61. The Hall–Kier alpha value is -3.35. The number of aromatic nitrogens is 2. The maximum atomic E-state index is 12.1. The van der Waals surface area contributed by atoms with E-state index in [4.69, 9.17) is 13.9 Å². The van der Waals surface area contributed by atoms with E-state index in [2.05, 4.69) is 15.5 Å². The van der Waals surface area contributed by atoms with Gasteiger partial charge in [0.15, 0.2) is 0 Å². The number of amides is 1. The number of rotatable bonds is 6. The van der Waals surface area contributed by atoms with Crippen LogP contribution < -0.4 is 14.8 Å². The molecule has 0 fully saturated rings. The second kappa shape index (κ2) is 7.48. The Morgan fingerprint density at radius 3 is 2.16 bits per heavy atom. The Morgan fingerprint density at radius 1 is 0.960 bits per heavy atom. The topological polar surface area (TPSA) is 86.5 Å². The molecule has 3 aromatic rings. The zero-order valence-corrected chi connectivity index (χ0v) is 13.9. The third-order valence-corrected chi connectivity index (χ3v) is 3.56. The molecule has 128 valence electrons. The van der Waals surface area contributed by atoms with Crippen LogP contribution in [0.2, 0.25) is 0 Å². The molecule has 0 aliphatic rings. The van der Waals surface area contributed by atoms with E-state index in [9.17, 15) is 4.79 Å². The monoisotopic (exact) mass is 339 g/mol. The standard InChI is InChI=1S/C18H17N3O4/c1-23-14-7-3-12(4-8-14)17(22)19-11-16-20-21-18(25-16)13-5-9-15(24-2)10-6-13/h3-10H,11H2,1-2H3,(H,19,22). The SMILES string of the molecule is COc1ccc(C(=O)NCc2nnc(-c3ccc(OC)cc3)o2)cc1. The molecule has 0 atom stereocenters. The number of nitrogens with one attached hydrogen (secondary N) is 1. The lowest BCUT2D eigenvalue weighted by Gasteiger charge is -2.04. The Bertz CT molecular complexity index is 842. The van der Waals surface area contributed by atoms with Crippen molar-refractivity contribution in [2.45, 2.75) is 6.54 Å². The molecule has 1 aromatic heterocycles. The molecule has 25 heavy (non-hydrogen) atoms. The minimum atomic E-state index is -0.230. The summed E-state index contributed by atoms with van der Waals surface area (Å²) < 4.78 is 15.7. The van der Waals surface area contributed by atoms with Crippen molar-refractivity contribution < 1.29 is 18.7 Å². The van der Waals surface area contributed by atoms with Gasteiger partial charge < -0.3 is 19.2 Å². The van der Waals surface area contributed by atoms with E-state index < -0.39 is 0 Å². The van der Waals surface area contributed by atoms with Crippen LogP contribution in [0.5, 0.6) is 11.5 Å². The van der Waals surface area contributed by atoms with Crippen molar-refractivity contribution in [3.8, 4) is 23.0 Å². The first-order valence-electron chi connectivity index (χ1n) is 7.58. The van der Waals surface area contributed by atoms with Gasteiger partial charge in [0.05, 0.1) is 20.8 Å². The molecule has 1 heterocycles. The van der Waals surface area contributed by atoms with Gasteiger partial charge in [-0.25, -0.2) is 0 Å². The number of nitrogens with zero attached hydrogens (tertiary/aromatic N) is 2. The van der Waals surface area contributed by atoms with Crippen LogP contribution in [0.4, 0.5) is 0 Å². The highest BCUT2D eigenvalue weighted by molar-refractivity contribution is 5.94. The van der Waals surface area contributed by atoms with Crippen molar-refractivity contribution >= 4 is 5.91 Å². The maximum absolute atomic E-state index is 12.1. The van der Waals surface area contributed by atoms with Gasteiger partial charge in [-0.05, 0) is 48.5 Å². The minimum absolute atomic E-state index is 0.147. The van der Waals surface area contributed by atoms with Gasteiger partial charge in [-0.15, -0.1) is 10.2 Å². The molecular weight excluding hydrogens is 322 g/mol. The lowest BCUT2D eigenvalue weighted by Crippen LogP contribution is -2.22. The fraction of sp³-hybridized carbons (Fsp3) is 0.167. The molecule has 0 spiro atoms. The molecule has 0 unspecified atom stereocenters. The summed E-state index contributed by atoms with van der Waals surface area (Å²) in [6.45, 7) is 0.147. The van der Waals surface area contributed by atoms with E-state index in [0.717, 1.165) is 11.3 Å². The van der Waals surface area contributed by atoms with Crippen LogP contribution in [0.25, 0.3) is 11.5 Å². The number of methoxy groups -OCH3 is 2. The van der Waals surface area contributed by atoms with Crippen molar-refractivity contribution in [1.29, 1.82) is 0 Å². The molecule has 7 nitrogen and oxygen atoms in total.